The smallest absolute Gasteiger partial charge is 0.176 e. The van der Waals surface area contributed by atoms with Crippen LogP contribution in [-0.4, -0.2) is 17.4 Å². The first-order valence-corrected chi connectivity index (χ1v) is 1.82. The van der Waals surface area contributed by atoms with Gasteiger partial charge in [-0.3, -0.25) is 0 Å². The summed E-state index contributed by atoms with van der Waals surface area (Å²) in [5.74, 6) is 0. The van der Waals surface area contributed by atoms with Crippen LogP contribution in [0.4, 0.5) is 4.39 Å². The minimum atomic E-state index is -1.78. The van der Waals surface area contributed by atoms with Crippen LogP contribution in [0.25, 0.3) is 0 Å². The first-order chi connectivity index (χ1) is 3.12. The third-order valence-electron chi connectivity index (χ3n) is 0.501. The number of rotatable bonds is 1. The summed E-state index contributed by atoms with van der Waals surface area (Å²) < 4.78 is 11.3. The van der Waals surface area contributed by atoms with Crippen LogP contribution in [0.5, 0.6) is 0 Å². The van der Waals surface area contributed by atoms with Crippen molar-refractivity contribution in [1.82, 2.24) is 0 Å². The van der Waals surface area contributed by atoms with E-state index in [4.69, 9.17) is 10.4 Å². The standard InChI is InChI=1S/C4H6FNO/c1-4(7,2-5)3-6/h7H,2H2,1H3/t4-/m0/s1. The zero-order valence-corrected chi connectivity index (χ0v) is 3.98. The average molecular weight is 103 g/mol. The van der Waals surface area contributed by atoms with E-state index in [0.29, 0.717) is 0 Å². The monoisotopic (exact) mass is 103 g/mol. The van der Waals surface area contributed by atoms with E-state index in [2.05, 4.69) is 0 Å². The van der Waals surface area contributed by atoms with Gasteiger partial charge < -0.3 is 5.11 Å². The molecule has 0 aromatic heterocycles. The second-order valence-corrected chi connectivity index (χ2v) is 1.52. The fraction of sp³-hybridized carbons (Fsp3) is 0.750. The van der Waals surface area contributed by atoms with E-state index in [-0.39, 0.29) is 0 Å². The predicted molar refractivity (Wildman–Crippen MR) is 22.2 cm³/mol. The van der Waals surface area contributed by atoms with Crippen molar-refractivity contribution in [2.24, 2.45) is 0 Å². The van der Waals surface area contributed by atoms with Crippen LogP contribution < -0.4 is 0 Å². The molecule has 0 amide bonds. The molecule has 0 fully saturated rings. The van der Waals surface area contributed by atoms with Gasteiger partial charge in [-0.2, -0.15) is 5.26 Å². The lowest BCUT2D eigenvalue weighted by Crippen LogP contribution is -2.23. The van der Waals surface area contributed by atoms with Gasteiger partial charge in [0.05, 0.1) is 6.07 Å². The highest BCUT2D eigenvalue weighted by atomic mass is 19.1. The number of hydrogen-bond acceptors (Lipinski definition) is 2. The Morgan fingerprint density at radius 2 is 2.43 bits per heavy atom. The van der Waals surface area contributed by atoms with E-state index in [0.717, 1.165) is 6.92 Å². The Balaban J connectivity index is 3.66. The lowest BCUT2D eigenvalue weighted by Gasteiger charge is -2.04. The second-order valence-electron chi connectivity index (χ2n) is 1.52. The fourth-order valence-corrected chi connectivity index (χ4v) is 0.0299. The van der Waals surface area contributed by atoms with Crippen LogP contribution >= 0.6 is 0 Å². The Hall–Kier alpha value is -0.620. The third-order valence-corrected chi connectivity index (χ3v) is 0.501. The van der Waals surface area contributed by atoms with Gasteiger partial charge in [0.25, 0.3) is 0 Å². The maximum Gasteiger partial charge on any atom is 0.176 e. The summed E-state index contributed by atoms with van der Waals surface area (Å²) >= 11 is 0. The van der Waals surface area contributed by atoms with E-state index in [1.165, 1.54) is 6.07 Å². The largest absolute Gasteiger partial charge is 0.373 e. The number of alkyl halides is 1. The number of hydrogen-bond donors (Lipinski definition) is 1. The van der Waals surface area contributed by atoms with E-state index < -0.39 is 12.3 Å². The van der Waals surface area contributed by atoms with Gasteiger partial charge in [0, 0.05) is 0 Å². The fourth-order valence-electron chi connectivity index (χ4n) is 0.0299. The molecule has 1 atom stereocenters. The van der Waals surface area contributed by atoms with Crippen LogP contribution in [-0.2, 0) is 0 Å². The Kier molecular flexibility index (Phi) is 1.73. The van der Waals surface area contributed by atoms with Gasteiger partial charge in [-0.1, -0.05) is 0 Å². The summed E-state index contributed by atoms with van der Waals surface area (Å²) in [5.41, 5.74) is -1.78. The molecule has 0 radical (unpaired) electrons. The molecule has 0 saturated heterocycles. The van der Waals surface area contributed by atoms with Crippen molar-refractivity contribution in [3.8, 4) is 6.07 Å². The third kappa shape index (κ3) is 2.12. The molecule has 0 heterocycles. The maximum absolute atomic E-state index is 11.3. The number of aliphatic hydroxyl groups is 1. The topological polar surface area (TPSA) is 44.0 Å². The Morgan fingerprint density at radius 3 is 2.43 bits per heavy atom. The summed E-state index contributed by atoms with van der Waals surface area (Å²) in [6.07, 6.45) is 0. The number of halogens is 1. The van der Waals surface area contributed by atoms with Gasteiger partial charge in [0.2, 0.25) is 0 Å². The molecular formula is C4H6FNO. The molecule has 0 aliphatic rings. The molecule has 0 unspecified atom stereocenters. The molecule has 0 spiro atoms. The van der Waals surface area contributed by atoms with Crippen LogP contribution in [0, 0.1) is 11.3 Å². The van der Waals surface area contributed by atoms with E-state index in [9.17, 15) is 4.39 Å². The van der Waals surface area contributed by atoms with Crippen molar-refractivity contribution in [3.63, 3.8) is 0 Å². The summed E-state index contributed by atoms with van der Waals surface area (Å²) in [6.45, 7) is 0.108. The van der Waals surface area contributed by atoms with Crippen LogP contribution in [0.1, 0.15) is 6.92 Å². The Bertz CT molecular complexity index is 94.4. The molecule has 0 aliphatic heterocycles. The molecular weight excluding hydrogens is 97.0 g/mol. The lowest BCUT2D eigenvalue weighted by atomic mass is 10.2. The minimum Gasteiger partial charge on any atom is -0.373 e. The van der Waals surface area contributed by atoms with Crippen molar-refractivity contribution in [2.45, 2.75) is 12.5 Å². The molecule has 3 heteroatoms. The Labute approximate surface area is 41.2 Å². The van der Waals surface area contributed by atoms with Gasteiger partial charge in [0.15, 0.2) is 5.60 Å². The van der Waals surface area contributed by atoms with Gasteiger partial charge in [-0.15, -0.1) is 0 Å². The van der Waals surface area contributed by atoms with E-state index in [1.807, 2.05) is 0 Å². The van der Waals surface area contributed by atoms with Gasteiger partial charge in [-0.05, 0) is 6.92 Å². The quantitative estimate of drug-likeness (QED) is 0.483. The zero-order valence-electron chi connectivity index (χ0n) is 3.98. The van der Waals surface area contributed by atoms with Crippen molar-refractivity contribution in [1.29, 1.82) is 5.26 Å². The van der Waals surface area contributed by atoms with E-state index >= 15 is 0 Å². The second kappa shape index (κ2) is 1.90. The summed E-state index contributed by atoms with van der Waals surface area (Å²) in [7, 11) is 0. The minimum absolute atomic E-state index is 1.01. The zero-order chi connectivity index (χ0) is 5.91. The predicted octanol–water partition coefficient (Wildman–Crippen LogP) is 0.230. The molecule has 0 aromatic rings. The summed E-state index contributed by atoms with van der Waals surface area (Å²) in [5, 5.41) is 16.2. The average Bonchev–Trinajstić information content (AvgIpc) is 1.68. The molecule has 0 saturated carbocycles. The van der Waals surface area contributed by atoms with Gasteiger partial charge >= 0.3 is 0 Å². The highest BCUT2D eigenvalue weighted by Crippen LogP contribution is 1.98. The molecule has 40 valence electrons. The summed E-state index contributed by atoms with van der Waals surface area (Å²) in [6, 6.07) is 1.37. The number of nitrogens with zero attached hydrogens (tertiary/aromatic N) is 1. The maximum atomic E-state index is 11.3. The SMILES string of the molecule is C[C@@](O)(C#N)CF. The van der Waals surface area contributed by atoms with Gasteiger partial charge in [0.1, 0.15) is 6.67 Å². The molecule has 0 aliphatic carbocycles. The lowest BCUT2D eigenvalue weighted by molar-refractivity contribution is 0.0884. The Morgan fingerprint density at radius 1 is 2.00 bits per heavy atom. The van der Waals surface area contributed by atoms with Crippen LogP contribution in [0.2, 0.25) is 0 Å². The van der Waals surface area contributed by atoms with Crippen LogP contribution in [0.3, 0.4) is 0 Å². The van der Waals surface area contributed by atoms with Gasteiger partial charge in [-0.25, -0.2) is 4.39 Å². The van der Waals surface area contributed by atoms with E-state index in [1.54, 1.807) is 0 Å². The summed E-state index contributed by atoms with van der Waals surface area (Å²) in [4.78, 5) is 0. The highest BCUT2D eigenvalue weighted by molar-refractivity contribution is 4.95. The van der Waals surface area contributed by atoms with Crippen molar-refractivity contribution in [2.75, 3.05) is 6.67 Å². The molecule has 0 aromatic carbocycles. The first-order valence-electron chi connectivity index (χ1n) is 1.82. The molecule has 1 N–H and O–H groups in total. The van der Waals surface area contributed by atoms with Crippen LogP contribution in [0.15, 0.2) is 0 Å². The molecule has 2 nitrogen and oxygen atoms in total. The first kappa shape index (κ1) is 6.38. The highest BCUT2D eigenvalue weighted by Gasteiger charge is 2.17. The van der Waals surface area contributed by atoms with Crippen molar-refractivity contribution >= 4 is 0 Å². The molecule has 7 heavy (non-hydrogen) atoms. The normalized spacial score (nSPS) is 17.4. The molecule has 0 bridgehead atoms. The van der Waals surface area contributed by atoms with Crippen molar-refractivity contribution < 1.29 is 9.50 Å². The number of nitriles is 1. The molecule has 0 rings (SSSR count). The van der Waals surface area contributed by atoms with Crippen molar-refractivity contribution in [3.05, 3.63) is 0 Å².